The molecule has 1 atom stereocenters. The highest BCUT2D eigenvalue weighted by Gasteiger charge is 2.56. The molecule has 0 radical (unpaired) electrons. The van der Waals surface area contributed by atoms with E-state index >= 15 is 0 Å². The second kappa shape index (κ2) is 7.85. The summed E-state index contributed by atoms with van der Waals surface area (Å²) in [6, 6.07) is 0. The standard InChI is InChI=1S/C19H34N2O3/c1-14(2)6-9-21-17(22)12-16(18(23)24-5)19(21)7-10-20(11-8-19)13-15(3)4/h14-16H,6-13H2,1-5H3. The Balaban J connectivity index is 2.18. The molecule has 1 spiro atoms. The van der Waals surface area contributed by atoms with Crippen LogP contribution in [0, 0.1) is 17.8 Å². The van der Waals surface area contributed by atoms with Crippen molar-refractivity contribution in [1.82, 2.24) is 9.80 Å². The molecule has 0 aromatic rings. The average Bonchev–Trinajstić information content (AvgIpc) is 2.78. The van der Waals surface area contributed by atoms with E-state index in [0.717, 1.165) is 45.4 Å². The Bertz CT molecular complexity index is 454. The maximum atomic E-state index is 12.7. The molecule has 0 bridgehead atoms. The van der Waals surface area contributed by atoms with Crippen LogP contribution in [0.5, 0.6) is 0 Å². The number of methoxy groups -OCH3 is 1. The van der Waals surface area contributed by atoms with Gasteiger partial charge in [0, 0.05) is 32.6 Å². The molecule has 2 fully saturated rings. The minimum atomic E-state index is -0.327. The van der Waals surface area contributed by atoms with Crippen molar-refractivity contribution in [3.63, 3.8) is 0 Å². The molecule has 2 rings (SSSR count). The van der Waals surface area contributed by atoms with Crippen LogP contribution < -0.4 is 0 Å². The zero-order valence-electron chi connectivity index (χ0n) is 16.0. The Morgan fingerprint density at radius 1 is 1.21 bits per heavy atom. The molecule has 138 valence electrons. The number of hydrogen-bond donors (Lipinski definition) is 0. The summed E-state index contributed by atoms with van der Waals surface area (Å²) in [5.41, 5.74) is -0.327. The number of carbonyl (C=O) groups is 2. The predicted molar refractivity (Wildman–Crippen MR) is 94.5 cm³/mol. The highest BCUT2D eigenvalue weighted by Crippen LogP contribution is 2.44. The number of rotatable bonds is 6. The number of hydrogen-bond acceptors (Lipinski definition) is 4. The van der Waals surface area contributed by atoms with Crippen LogP contribution in [0.1, 0.15) is 53.4 Å². The summed E-state index contributed by atoms with van der Waals surface area (Å²) >= 11 is 0. The van der Waals surface area contributed by atoms with Gasteiger partial charge in [0.1, 0.15) is 0 Å². The number of piperidine rings is 1. The van der Waals surface area contributed by atoms with E-state index in [-0.39, 0.29) is 23.3 Å². The quantitative estimate of drug-likeness (QED) is 0.699. The minimum Gasteiger partial charge on any atom is -0.469 e. The summed E-state index contributed by atoms with van der Waals surface area (Å²) in [5, 5.41) is 0. The summed E-state index contributed by atoms with van der Waals surface area (Å²) in [4.78, 5) is 29.5. The van der Waals surface area contributed by atoms with Crippen LogP contribution in [0.3, 0.4) is 0 Å². The van der Waals surface area contributed by atoms with Crippen molar-refractivity contribution in [2.45, 2.75) is 58.9 Å². The van der Waals surface area contributed by atoms with Crippen LogP contribution >= 0.6 is 0 Å². The second-order valence-electron chi connectivity index (χ2n) is 8.31. The molecule has 0 N–H and O–H groups in total. The normalized spacial score (nSPS) is 24.4. The van der Waals surface area contributed by atoms with Gasteiger partial charge in [-0.3, -0.25) is 9.59 Å². The lowest BCUT2D eigenvalue weighted by molar-refractivity contribution is -0.150. The van der Waals surface area contributed by atoms with Crippen LogP contribution in [0.2, 0.25) is 0 Å². The highest BCUT2D eigenvalue weighted by molar-refractivity contribution is 5.89. The number of esters is 1. The molecule has 24 heavy (non-hydrogen) atoms. The summed E-state index contributed by atoms with van der Waals surface area (Å²) in [6.07, 6.45) is 3.05. The molecule has 1 unspecified atom stereocenters. The fourth-order valence-corrected chi connectivity index (χ4v) is 4.35. The van der Waals surface area contributed by atoms with Gasteiger partial charge in [0.05, 0.1) is 18.6 Å². The number of nitrogens with zero attached hydrogens (tertiary/aromatic N) is 2. The Morgan fingerprint density at radius 3 is 2.33 bits per heavy atom. The van der Waals surface area contributed by atoms with Gasteiger partial charge in [0.15, 0.2) is 0 Å². The van der Waals surface area contributed by atoms with E-state index in [1.165, 1.54) is 7.11 Å². The van der Waals surface area contributed by atoms with Crippen molar-refractivity contribution in [3.8, 4) is 0 Å². The SMILES string of the molecule is COC(=O)C1CC(=O)N(CCC(C)C)C12CCN(CC(C)C)CC2. The Labute approximate surface area is 146 Å². The van der Waals surface area contributed by atoms with E-state index < -0.39 is 0 Å². The monoisotopic (exact) mass is 338 g/mol. The van der Waals surface area contributed by atoms with Gasteiger partial charge in [-0.05, 0) is 31.1 Å². The molecule has 2 aliphatic rings. The van der Waals surface area contributed by atoms with Crippen molar-refractivity contribution in [2.75, 3.05) is 33.3 Å². The first-order valence-electron chi connectivity index (χ1n) is 9.40. The molecule has 0 saturated carbocycles. The maximum absolute atomic E-state index is 12.7. The topological polar surface area (TPSA) is 49.9 Å². The van der Waals surface area contributed by atoms with Crippen LogP contribution in [-0.2, 0) is 14.3 Å². The van der Waals surface area contributed by atoms with Crippen molar-refractivity contribution in [2.24, 2.45) is 17.8 Å². The van der Waals surface area contributed by atoms with Gasteiger partial charge in [-0.1, -0.05) is 27.7 Å². The van der Waals surface area contributed by atoms with Crippen molar-refractivity contribution in [3.05, 3.63) is 0 Å². The fraction of sp³-hybridized carbons (Fsp3) is 0.895. The molecular weight excluding hydrogens is 304 g/mol. The van der Waals surface area contributed by atoms with Crippen LogP contribution in [0.25, 0.3) is 0 Å². The first kappa shape index (κ1) is 19.2. The van der Waals surface area contributed by atoms with Crippen LogP contribution in [0.15, 0.2) is 0 Å². The summed E-state index contributed by atoms with van der Waals surface area (Å²) < 4.78 is 5.04. The smallest absolute Gasteiger partial charge is 0.311 e. The third-order valence-electron chi connectivity index (χ3n) is 5.63. The lowest BCUT2D eigenvalue weighted by Crippen LogP contribution is -2.58. The lowest BCUT2D eigenvalue weighted by Gasteiger charge is -2.47. The van der Waals surface area contributed by atoms with Gasteiger partial charge in [-0.25, -0.2) is 0 Å². The number of carbonyl (C=O) groups excluding carboxylic acids is 2. The van der Waals surface area contributed by atoms with Crippen LogP contribution in [-0.4, -0.2) is 60.5 Å². The predicted octanol–water partition coefficient (Wildman–Crippen LogP) is 2.54. The van der Waals surface area contributed by atoms with E-state index in [1.54, 1.807) is 0 Å². The van der Waals surface area contributed by atoms with E-state index in [2.05, 4.69) is 32.6 Å². The molecule has 1 amide bonds. The molecule has 5 heteroatoms. The minimum absolute atomic E-state index is 0.128. The molecule has 5 nitrogen and oxygen atoms in total. The van der Waals surface area contributed by atoms with E-state index in [4.69, 9.17) is 4.74 Å². The average molecular weight is 338 g/mol. The molecule has 0 aliphatic carbocycles. The first-order chi connectivity index (χ1) is 11.3. The lowest BCUT2D eigenvalue weighted by atomic mass is 9.76. The van der Waals surface area contributed by atoms with Gasteiger partial charge in [0.2, 0.25) is 5.91 Å². The van der Waals surface area contributed by atoms with Crippen molar-refractivity contribution in [1.29, 1.82) is 0 Å². The third-order valence-corrected chi connectivity index (χ3v) is 5.63. The van der Waals surface area contributed by atoms with Gasteiger partial charge in [-0.2, -0.15) is 0 Å². The van der Waals surface area contributed by atoms with Gasteiger partial charge in [0.25, 0.3) is 0 Å². The summed E-state index contributed by atoms with van der Waals surface area (Å²) in [7, 11) is 1.44. The van der Waals surface area contributed by atoms with Gasteiger partial charge < -0.3 is 14.5 Å². The third kappa shape index (κ3) is 3.93. The van der Waals surface area contributed by atoms with Crippen molar-refractivity contribution >= 4 is 11.9 Å². The van der Waals surface area contributed by atoms with Gasteiger partial charge >= 0.3 is 5.97 Å². The van der Waals surface area contributed by atoms with Gasteiger partial charge in [-0.15, -0.1) is 0 Å². The number of likely N-dealkylation sites (tertiary alicyclic amines) is 2. The van der Waals surface area contributed by atoms with Crippen molar-refractivity contribution < 1.29 is 14.3 Å². The molecule has 0 aromatic carbocycles. The van der Waals surface area contributed by atoms with Crippen LogP contribution in [0.4, 0.5) is 0 Å². The molecule has 0 aromatic heterocycles. The number of amides is 1. The van der Waals surface area contributed by atoms with E-state index in [0.29, 0.717) is 18.3 Å². The zero-order chi connectivity index (χ0) is 17.9. The summed E-state index contributed by atoms with van der Waals surface area (Å²) in [6.45, 7) is 12.6. The molecule has 2 saturated heterocycles. The number of ether oxygens (including phenoxy) is 1. The maximum Gasteiger partial charge on any atom is 0.311 e. The zero-order valence-corrected chi connectivity index (χ0v) is 16.0. The Morgan fingerprint density at radius 2 is 1.83 bits per heavy atom. The summed E-state index contributed by atoms with van der Waals surface area (Å²) in [5.74, 6) is 0.796. The molecule has 2 aliphatic heterocycles. The highest BCUT2D eigenvalue weighted by atomic mass is 16.5. The second-order valence-corrected chi connectivity index (χ2v) is 8.31. The Hall–Kier alpha value is -1.10. The van der Waals surface area contributed by atoms with E-state index in [1.807, 2.05) is 4.90 Å². The van der Waals surface area contributed by atoms with E-state index in [9.17, 15) is 9.59 Å². The molecule has 2 heterocycles. The Kier molecular flexibility index (Phi) is 6.29. The first-order valence-corrected chi connectivity index (χ1v) is 9.40. The largest absolute Gasteiger partial charge is 0.469 e. The fourth-order valence-electron chi connectivity index (χ4n) is 4.35. The molecular formula is C19H34N2O3.